The van der Waals surface area contributed by atoms with Crippen molar-refractivity contribution in [3.05, 3.63) is 60.7 Å². The van der Waals surface area contributed by atoms with Crippen LogP contribution in [0, 0.1) is 11.8 Å². The van der Waals surface area contributed by atoms with Crippen LogP contribution in [0.5, 0.6) is 0 Å². The van der Waals surface area contributed by atoms with Gasteiger partial charge in [0.2, 0.25) is 0 Å². The predicted octanol–water partition coefficient (Wildman–Crippen LogP) is 5.12. The van der Waals surface area contributed by atoms with Gasteiger partial charge in [-0.3, -0.25) is 4.90 Å². The van der Waals surface area contributed by atoms with Crippen molar-refractivity contribution in [2.24, 2.45) is 0 Å². The van der Waals surface area contributed by atoms with Crippen LogP contribution in [0.3, 0.4) is 0 Å². The van der Waals surface area contributed by atoms with Crippen molar-refractivity contribution in [3.8, 4) is 11.8 Å². The van der Waals surface area contributed by atoms with Gasteiger partial charge >= 0.3 is 0 Å². The Morgan fingerprint density at radius 2 is 1.96 bits per heavy atom. The van der Waals surface area contributed by atoms with Crippen LogP contribution in [0.25, 0.3) is 0 Å². The Hall–Kier alpha value is -1.82. The molecule has 0 aliphatic rings. The smallest absolute Gasteiger partial charge is 0.0728 e. The molecule has 25 heavy (non-hydrogen) atoms. The van der Waals surface area contributed by atoms with E-state index in [4.69, 9.17) is 0 Å². The lowest BCUT2D eigenvalue weighted by molar-refractivity contribution is 0.0715. The number of aliphatic hydroxyl groups is 1. The fraction of sp³-hybridized carbons (Fsp3) is 0.478. The average molecular weight is 340 g/mol. The standard InChI is InChI=1S/C23H33NO/c1-5-9-11-18-22(15-7-3)24(21(8-4)14-6-2)23(19-25)20-16-12-10-13-17-20/h5,8-10,12-13,16-17,21-23,25H,4,6,11,14,18-19H2,1-3H3/b9-5+/t21-,22+,23+/m1/s1. The van der Waals surface area contributed by atoms with E-state index < -0.39 is 0 Å². The van der Waals surface area contributed by atoms with Gasteiger partial charge in [-0.2, -0.15) is 0 Å². The van der Waals surface area contributed by atoms with Crippen molar-refractivity contribution in [2.75, 3.05) is 6.61 Å². The highest BCUT2D eigenvalue weighted by molar-refractivity contribution is 5.22. The van der Waals surface area contributed by atoms with Crippen molar-refractivity contribution < 1.29 is 5.11 Å². The molecule has 0 amide bonds. The number of rotatable bonds is 11. The van der Waals surface area contributed by atoms with E-state index in [-0.39, 0.29) is 24.7 Å². The third kappa shape index (κ3) is 6.53. The van der Waals surface area contributed by atoms with Gasteiger partial charge in [-0.1, -0.05) is 67.8 Å². The summed E-state index contributed by atoms with van der Waals surface area (Å²) in [5.41, 5.74) is 1.13. The summed E-state index contributed by atoms with van der Waals surface area (Å²) in [5, 5.41) is 10.2. The zero-order valence-corrected chi connectivity index (χ0v) is 16.0. The minimum atomic E-state index is -0.0767. The molecule has 0 heterocycles. The lowest BCUT2D eigenvalue weighted by Gasteiger charge is -2.40. The van der Waals surface area contributed by atoms with Gasteiger partial charge in [0, 0.05) is 6.04 Å². The van der Waals surface area contributed by atoms with Crippen molar-refractivity contribution in [3.63, 3.8) is 0 Å². The van der Waals surface area contributed by atoms with Crippen molar-refractivity contribution in [1.82, 2.24) is 4.90 Å². The van der Waals surface area contributed by atoms with Gasteiger partial charge in [0.1, 0.15) is 0 Å². The summed E-state index contributed by atoms with van der Waals surface area (Å²) in [5.74, 6) is 6.48. The van der Waals surface area contributed by atoms with Crippen LogP contribution in [0.15, 0.2) is 55.1 Å². The van der Waals surface area contributed by atoms with Crippen LogP contribution < -0.4 is 0 Å². The minimum Gasteiger partial charge on any atom is -0.394 e. The van der Waals surface area contributed by atoms with Gasteiger partial charge < -0.3 is 5.11 Å². The highest BCUT2D eigenvalue weighted by Crippen LogP contribution is 2.29. The summed E-state index contributed by atoms with van der Waals surface area (Å²) < 4.78 is 0. The third-order valence-corrected chi connectivity index (χ3v) is 4.47. The molecule has 0 fully saturated rings. The maximum atomic E-state index is 10.2. The Kier molecular flexibility index (Phi) is 10.6. The van der Waals surface area contributed by atoms with Crippen LogP contribution in [0.1, 0.15) is 58.1 Å². The first-order valence-corrected chi connectivity index (χ1v) is 9.32. The van der Waals surface area contributed by atoms with E-state index in [0.717, 1.165) is 31.2 Å². The molecule has 0 spiro atoms. The first-order chi connectivity index (χ1) is 12.2. The van der Waals surface area contributed by atoms with Crippen LogP contribution in [0.2, 0.25) is 0 Å². The van der Waals surface area contributed by atoms with Gasteiger partial charge in [-0.25, -0.2) is 0 Å². The molecule has 2 nitrogen and oxygen atoms in total. The van der Waals surface area contributed by atoms with E-state index in [1.54, 1.807) is 0 Å². The van der Waals surface area contributed by atoms with E-state index >= 15 is 0 Å². The van der Waals surface area contributed by atoms with Crippen LogP contribution in [-0.4, -0.2) is 28.7 Å². The topological polar surface area (TPSA) is 23.5 Å². The number of hydrogen-bond acceptors (Lipinski definition) is 2. The number of benzene rings is 1. The molecule has 0 saturated heterocycles. The van der Waals surface area contributed by atoms with Crippen molar-refractivity contribution in [2.45, 2.75) is 64.6 Å². The quantitative estimate of drug-likeness (QED) is 0.446. The van der Waals surface area contributed by atoms with Gasteiger partial charge in [-0.05, 0) is 38.7 Å². The molecular weight excluding hydrogens is 306 g/mol. The summed E-state index contributed by atoms with van der Waals surface area (Å²) in [4.78, 5) is 2.37. The number of aliphatic hydroxyl groups excluding tert-OH is 1. The lowest BCUT2D eigenvalue weighted by Crippen LogP contribution is -2.45. The zero-order chi connectivity index (χ0) is 18.5. The monoisotopic (exact) mass is 339 g/mol. The Morgan fingerprint density at radius 1 is 1.24 bits per heavy atom. The third-order valence-electron chi connectivity index (χ3n) is 4.47. The molecule has 0 bridgehead atoms. The first kappa shape index (κ1) is 21.2. The molecule has 1 aromatic rings. The van der Waals surface area contributed by atoms with E-state index in [9.17, 15) is 5.11 Å². The van der Waals surface area contributed by atoms with Gasteiger partial charge in [0.25, 0.3) is 0 Å². The Bertz CT molecular complexity index is 567. The predicted molar refractivity (Wildman–Crippen MR) is 108 cm³/mol. The molecule has 3 atom stereocenters. The van der Waals surface area contributed by atoms with E-state index in [1.807, 2.05) is 38.1 Å². The molecular formula is C23H33NO. The maximum Gasteiger partial charge on any atom is 0.0728 e. The summed E-state index contributed by atoms with van der Waals surface area (Å²) in [6.45, 7) is 10.3. The van der Waals surface area contributed by atoms with Gasteiger partial charge in [-0.15, -0.1) is 12.5 Å². The normalized spacial score (nSPS) is 14.8. The lowest BCUT2D eigenvalue weighted by atomic mass is 9.96. The SMILES string of the molecule is C=C[C@H](CCC)N([C@@H](C#CC)CC/C=C/C)[C@@H](CO)c1ccccc1. The molecule has 1 N–H and O–H groups in total. The van der Waals surface area contributed by atoms with Crippen LogP contribution in [0.4, 0.5) is 0 Å². The van der Waals surface area contributed by atoms with Crippen molar-refractivity contribution >= 4 is 0 Å². The highest BCUT2D eigenvalue weighted by Gasteiger charge is 2.30. The second kappa shape index (κ2) is 12.5. The molecule has 136 valence electrons. The molecule has 0 aliphatic carbocycles. The molecule has 2 heteroatoms. The molecule has 0 aliphatic heterocycles. The van der Waals surface area contributed by atoms with Gasteiger partial charge in [0.05, 0.1) is 18.7 Å². The number of hydrogen-bond donors (Lipinski definition) is 1. The summed E-state index contributed by atoms with van der Waals surface area (Å²) in [6.07, 6.45) is 10.3. The fourth-order valence-corrected chi connectivity index (χ4v) is 3.29. The largest absolute Gasteiger partial charge is 0.394 e. The van der Waals surface area contributed by atoms with E-state index in [2.05, 4.69) is 54.5 Å². The highest BCUT2D eigenvalue weighted by atomic mass is 16.3. The van der Waals surface area contributed by atoms with Crippen molar-refractivity contribution in [1.29, 1.82) is 0 Å². The van der Waals surface area contributed by atoms with Gasteiger partial charge in [0.15, 0.2) is 0 Å². The number of nitrogens with zero attached hydrogens (tertiary/aromatic N) is 1. The minimum absolute atomic E-state index is 0.0730. The fourth-order valence-electron chi connectivity index (χ4n) is 3.29. The molecule has 1 rings (SSSR count). The van der Waals surface area contributed by atoms with Crippen LogP contribution >= 0.6 is 0 Å². The number of allylic oxidation sites excluding steroid dienone is 2. The molecule has 0 unspecified atom stereocenters. The summed E-state index contributed by atoms with van der Waals surface area (Å²) in [7, 11) is 0. The first-order valence-electron chi connectivity index (χ1n) is 9.32. The maximum absolute atomic E-state index is 10.2. The Labute approximate surface area is 154 Å². The Balaban J connectivity index is 3.27. The molecule has 0 saturated carbocycles. The molecule has 0 radical (unpaired) electrons. The summed E-state index contributed by atoms with van der Waals surface area (Å²) >= 11 is 0. The van der Waals surface area contributed by atoms with Crippen LogP contribution in [-0.2, 0) is 0 Å². The second-order valence-electron chi connectivity index (χ2n) is 6.20. The van der Waals surface area contributed by atoms with E-state index in [0.29, 0.717) is 0 Å². The average Bonchev–Trinajstić information content (AvgIpc) is 2.65. The zero-order valence-electron chi connectivity index (χ0n) is 16.0. The molecule has 1 aromatic carbocycles. The summed E-state index contributed by atoms with van der Waals surface area (Å²) in [6, 6.07) is 10.4. The Morgan fingerprint density at radius 3 is 2.48 bits per heavy atom. The van der Waals surface area contributed by atoms with E-state index in [1.165, 1.54) is 0 Å². The molecule has 0 aromatic heterocycles. The second-order valence-corrected chi connectivity index (χ2v) is 6.20.